The lowest BCUT2D eigenvalue weighted by atomic mass is 10.1. The first-order valence-corrected chi connectivity index (χ1v) is 6.22. The minimum atomic E-state index is -4.32. The van der Waals surface area contributed by atoms with Crippen LogP contribution in [0.15, 0.2) is 0 Å². The molecular weight excluding hydrogens is 247 g/mol. The number of ether oxygens (including phenoxy) is 1. The third kappa shape index (κ3) is 6.23. The Kier molecular flexibility index (Phi) is 7.28. The van der Waals surface area contributed by atoms with Crippen LogP contribution in [0, 0.1) is 0 Å². The molecule has 18 heavy (non-hydrogen) atoms. The van der Waals surface area contributed by atoms with E-state index in [0.717, 1.165) is 4.90 Å². The SMILES string of the molecule is CCCC(C(=O)OCC)N(CC(F)(F)F)C(C)C. The van der Waals surface area contributed by atoms with Crippen molar-refractivity contribution >= 4 is 5.97 Å². The molecule has 1 unspecified atom stereocenters. The van der Waals surface area contributed by atoms with E-state index in [1.165, 1.54) is 0 Å². The maximum Gasteiger partial charge on any atom is 0.401 e. The number of carbonyl (C=O) groups is 1. The highest BCUT2D eigenvalue weighted by Crippen LogP contribution is 2.22. The van der Waals surface area contributed by atoms with Gasteiger partial charge in [0.05, 0.1) is 13.2 Å². The minimum absolute atomic E-state index is 0.178. The Morgan fingerprint density at radius 1 is 1.28 bits per heavy atom. The van der Waals surface area contributed by atoms with Crippen molar-refractivity contribution in [2.45, 2.75) is 58.8 Å². The lowest BCUT2D eigenvalue weighted by Gasteiger charge is -2.33. The fraction of sp³-hybridized carbons (Fsp3) is 0.917. The zero-order chi connectivity index (χ0) is 14.3. The first-order valence-electron chi connectivity index (χ1n) is 6.22. The van der Waals surface area contributed by atoms with Gasteiger partial charge in [-0.15, -0.1) is 0 Å². The molecule has 0 saturated carbocycles. The second-order valence-electron chi connectivity index (χ2n) is 4.44. The Labute approximate surface area is 106 Å². The fourth-order valence-corrected chi connectivity index (χ4v) is 1.79. The van der Waals surface area contributed by atoms with Gasteiger partial charge in [-0.05, 0) is 27.2 Å². The van der Waals surface area contributed by atoms with Crippen LogP contribution >= 0.6 is 0 Å². The fourth-order valence-electron chi connectivity index (χ4n) is 1.79. The first-order chi connectivity index (χ1) is 8.22. The molecule has 0 amide bonds. The average Bonchev–Trinajstić information content (AvgIpc) is 2.21. The molecule has 0 heterocycles. The molecule has 0 N–H and O–H groups in total. The molecule has 0 aromatic carbocycles. The highest BCUT2D eigenvalue weighted by molar-refractivity contribution is 5.75. The van der Waals surface area contributed by atoms with E-state index < -0.39 is 24.7 Å². The van der Waals surface area contributed by atoms with Crippen molar-refractivity contribution in [1.82, 2.24) is 4.90 Å². The summed E-state index contributed by atoms with van der Waals surface area (Å²) in [7, 11) is 0. The number of carbonyl (C=O) groups excluding carboxylic acids is 1. The second kappa shape index (κ2) is 7.61. The standard InChI is InChI=1S/C12H22F3NO2/c1-5-7-10(11(17)18-6-2)16(9(3)4)8-12(13,14)15/h9-10H,5-8H2,1-4H3. The van der Waals surface area contributed by atoms with E-state index in [-0.39, 0.29) is 12.6 Å². The topological polar surface area (TPSA) is 29.5 Å². The van der Waals surface area contributed by atoms with E-state index in [4.69, 9.17) is 4.74 Å². The van der Waals surface area contributed by atoms with Gasteiger partial charge >= 0.3 is 12.1 Å². The van der Waals surface area contributed by atoms with Crippen LogP contribution in [0.4, 0.5) is 13.2 Å². The Morgan fingerprint density at radius 2 is 1.83 bits per heavy atom. The maximum atomic E-state index is 12.5. The summed E-state index contributed by atoms with van der Waals surface area (Å²) in [5.41, 5.74) is 0. The van der Waals surface area contributed by atoms with Gasteiger partial charge in [0, 0.05) is 6.04 Å². The molecule has 0 rings (SSSR count). The van der Waals surface area contributed by atoms with Crippen LogP contribution in [0.2, 0.25) is 0 Å². The van der Waals surface area contributed by atoms with Crippen LogP contribution in [0.5, 0.6) is 0 Å². The summed E-state index contributed by atoms with van der Waals surface area (Å²) < 4.78 is 42.4. The Hall–Kier alpha value is -0.780. The number of esters is 1. The molecule has 0 bridgehead atoms. The summed E-state index contributed by atoms with van der Waals surface area (Å²) in [6.07, 6.45) is -3.32. The number of hydrogen-bond acceptors (Lipinski definition) is 3. The van der Waals surface area contributed by atoms with Gasteiger partial charge < -0.3 is 4.74 Å². The van der Waals surface area contributed by atoms with Crippen molar-refractivity contribution < 1.29 is 22.7 Å². The lowest BCUT2D eigenvalue weighted by molar-refractivity contribution is -0.168. The molecule has 0 spiro atoms. The van der Waals surface area contributed by atoms with Crippen LogP contribution < -0.4 is 0 Å². The van der Waals surface area contributed by atoms with Crippen molar-refractivity contribution in [3.05, 3.63) is 0 Å². The van der Waals surface area contributed by atoms with Crippen LogP contribution in [0.25, 0.3) is 0 Å². The molecule has 6 heteroatoms. The van der Waals surface area contributed by atoms with Crippen molar-refractivity contribution in [3.8, 4) is 0 Å². The molecule has 0 aliphatic rings. The van der Waals surface area contributed by atoms with Crippen LogP contribution in [-0.2, 0) is 9.53 Å². The third-order valence-electron chi connectivity index (χ3n) is 2.55. The predicted octanol–water partition coefficient (Wildman–Crippen LogP) is 2.99. The van der Waals surface area contributed by atoms with Gasteiger partial charge in [0.2, 0.25) is 0 Å². The van der Waals surface area contributed by atoms with Gasteiger partial charge in [0.15, 0.2) is 0 Å². The molecule has 0 fully saturated rings. The van der Waals surface area contributed by atoms with Crippen molar-refractivity contribution in [2.75, 3.05) is 13.2 Å². The zero-order valence-electron chi connectivity index (χ0n) is 11.4. The van der Waals surface area contributed by atoms with Gasteiger partial charge in [0.1, 0.15) is 6.04 Å². The summed E-state index contributed by atoms with van der Waals surface area (Å²) in [4.78, 5) is 12.9. The number of hydrogen-bond donors (Lipinski definition) is 0. The average molecular weight is 269 g/mol. The molecular formula is C12H22F3NO2. The first kappa shape index (κ1) is 17.2. The maximum absolute atomic E-state index is 12.5. The summed E-state index contributed by atoms with van der Waals surface area (Å²) in [6, 6.07) is -1.19. The van der Waals surface area contributed by atoms with Crippen LogP contribution in [0.3, 0.4) is 0 Å². The molecule has 0 aromatic rings. The molecule has 0 aromatic heterocycles. The lowest BCUT2D eigenvalue weighted by Crippen LogP contribution is -2.50. The van der Waals surface area contributed by atoms with E-state index >= 15 is 0 Å². The van der Waals surface area contributed by atoms with Crippen molar-refractivity contribution in [2.24, 2.45) is 0 Å². The molecule has 3 nitrogen and oxygen atoms in total. The Morgan fingerprint density at radius 3 is 2.17 bits per heavy atom. The molecule has 108 valence electrons. The summed E-state index contributed by atoms with van der Waals surface area (Å²) >= 11 is 0. The monoisotopic (exact) mass is 269 g/mol. The van der Waals surface area contributed by atoms with Gasteiger partial charge in [-0.25, -0.2) is 0 Å². The molecule has 0 radical (unpaired) electrons. The Balaban J connectivity index is 4.92. The highest BCUT2D eigenvalue weighted by Gasteiger charge is 2.37. The smallest absolute Gasteiger partial charge is 0.401 e. The normalized spacial score (nSPS) is 14.1. The van der Waals surface area contributed by atoms with E-state index in [1.807, 2.05) is 6.92 Å². The Bertz CT molecular complexity index is 254. The summed E-state index contributed by atoms with van der Waals surface area (Å²) in [5.74, 6) is -0.572. The summed E-state index contributed by atoms with van der Waals surface area (Å²) in [5, 5.41) is 0. The van der Waals surface area contributed by atoms with E-state index in [1.54, 1.807) is 20.8 Å². The quantitative estimate of drug-likeness (QED) is 0.665. The second-order valence-corrected chi connectivity index (χ2v) is 4.44. The molecule has 1 atom stereocenters. The molecule has 0 saturated heterocycles. The highest BCUT2D eigenvalue weighted by atomic mass is 19.4. The van der Waals surface area contributed by atoms with Gasteiger partial charge in [0.25, 0.3) is 0 Å². The molecule has 0 aliphatic heterocycles. The van der Waals surface area contributed by atoms with Crippen LogP contribution in [-0.4, -0.2) is 42.3 Å². The van der Waals surface area contributed by atoms with Crippen molar-refractivity contribution in [3.63, 3.8) is 0 Å². The van der Waals surface area contributed by atoms with Crippen LogP contribution in [0.1, 0.15) is 40.5 Å². The number of halogens is 3. The number of rotatable bonds is 7. The number of nitrogens with zero attached hydrogens (tertiary/aromatic N) is 1. The van der Waals surface area contributed by atoms with Gasteiger partial charge in [-0.2, -0.15) is 13.2 Å². The van der Waals surface area contributed by atoms with Gasteiger partial charge in [-0.3, -0.25) is 9.69 Å². The van der Waals surface area contributed by atoms with Gasteiger partial charge in [-0.1, -0.05) is 13.3 Å². The van der Waals surface area contributed by atoms with E-state index in [9.17, 15) is 18.0 Å². The third-order valence-corrected chi connectivity index (χ3v) is 2.55. The van der Waals surface area contributed by atoms with E-state index in [2.05, 4.69) is 0 Å². The largest absolute Gasteiger partial charge is 0.465 e. The number of alkyl halides is 3. The zero-order valence-corrected chi connectivity index (χ0v) is 11.4. The van der Waals surface area contributed by atoms with E-state index in [0.29, 0.717) is 12.8 Å². The molecule has 0 aliphatic carbocycles. The minimum Gasteiger partial charge on any atom is -0.465 e. The van der Waals surface area contributed by atoms with Crippen molar-refractivity contribution in [1.29, 1.82) is 0 Å². The summed E-state index contributed by atoms with van der Waals surface area (Å²) in [6.45, 7) is 5.86. The predicted molar refractivity (Wildman–Crippen MR) is 63.2 cm³/mol.